The third-order valence-corrected chi connectivity index (χ3v) is 3.45. The number of hydrogen-bond donors (Lipinski definition) is 2. The minimum Gasteiger partial charge on any atom is -0.385 e. The average Bonchev–Trinajstić information content (AvgIpc) is 2.46. The molecule has 0 unspecified atom stereocenters. The summed E-state index contributed by atoms with van der Waals surface area (Å²) in [7, 11) is 0. The van der Waals surface area contributed by atoms with E-state index in [0.29, 0.717) is 0 Å². The lowest BCUT2D eigenvalue weighted by Gasteiger charge is -2.21. The van der Waals surface area contributed by atoms with Crippen LogP contribution in [0.2, 0.25) is 0 Å². The third-order valence-electron chi connectivity index (χ3n) is 3.45. The van der Waals surface area contributed by atoms with Crippen LogP contribution in [0.5, 0.6) is 0 Å². The zero-order chi connectivity index (χ0) is 12.2. The molecule has 18 heavy (non-hydrogen) atoms. The Morgan fingerprint density at radius 2 is 1.89 bits per heavy atom. The molecular weight excluding hydrogens is 220 g/mol. The van der Waals surface area contributed by atoms with Crippen molar-refractivity contribution in [2.75, 3.05) is 17.2 Å². The van der Waals surface area contributed by atoms with E-state index in [1.165, 1.54) is 35.3 Å². The van der Waals surface area contributed by atoms with Gasteiger partial charge in [-0.1, -0.05) is 30.3 Å². The van der Waals surface area contributed by atoms with Crippen molar-refractivity contribution in [3.8, 4) is 0 Å². The van der Waals surface area contributed by atoms with Gasteiger partial charge in [0.15, 0.2) is 0 Å². The molecule has 0 radical (unpaired) electrons. The molecule has 3 rings (SSSR count). The van der Waals surface area contributed by atoms with Crippen molar-refractivity contribution in [1.82, 2.24) is 0 Å². The van der Waals surface area contributed by atoms with E-state index < -0.39 is 0 Å². The van der Waals surface area contributed by atoms with Gasteiger partial charge in [-0.15, -0.1) is 0 Å². The maximum atomic E-state index is 3.48. The van der Waals surface area contributed by atoms with Gasteiger partial charge in [0.2, 0.25) is 0 Å². The Hall–Kier alpha value is -1.96. The van der Waals surface area contributed by atoms with Crippen LogP contribution in [0.3, 0.4) is 0 Å². The van der Waals surface area contributed by atoms with Crippen LogP contribution in [0.1, 0.15) is 17.5 Å². The molecule has 1 aliphatic heterocycles. The molecule has 0 amide bonds. The first-order chi connectivity index (χ1) is 8.93. The SMILES string of the molecule is c1ccc(NCc2cccc3c2CCCN3)cc1. The topological polar surface area (TPSA) is 24.1 Å². The molecule has 2 aromatic rings. The second-order valence-electron chi connectivity index (χ2n) is 4.69. The van der Waals surface area contributed by atoms with Gasteiger partial charge < -0.3 is 10.6 Å². The molecule has 0 aromatic heterocycles. The summed E-state index contributed by atoms with van der Waals surface area (Å²) in [4.78, 5) is 0. The highest BCUT2D eigenvalue weighted by Gasteiger charge is 2.11. The lowest BCUT2D eigenvalue weighted by atomic mass is 9.97. The molecule has 2 heteroatoms. The van der Waals surface area contributed by atoms with E-state index in [2.05, 4.69) is 53.1 Å². The lowest BCUT2D eigenvalue weighted by Crippen LogP contribution is -2.14. The smallest absolute Gasteiger partial charge is 0.0404 e. The Morgan fingerprint density at radius 1 is 1.00 bits per heavy atom. The van der Waals surface area contributed by atoms with E-state index in [0.717, 1.165) is 13.1 Å². The number of rotatable bonds is 3. The summed E-state index contributed by atoms with van der Waals surface area (Å²) in [6.07, 6.45) is 2.42. The second kappa shape index (κ2) is 5.13. The molecule has 0 aliphatic carbocycles. The number of anilines is 2. The maximum Gasteiger partial charge on any atom is 0.0404 e. The summed E-state index contributed by atoms with van der Waals surface area (Å²) in [5, 5.41) is 6.96. The van der Waals surface area contributed by atoms with Crippen molar-refractivity contribution in [1.29, 1.82) is 0 Å². The number of hydrogen-bond acceptors (Lipinski definition) is 2. The van der Waals surface area contributed by atoms with E-state index in [4.69, 9.17) is 0 Å². The summed E-state index contributed by atoms with van der Waals surface area (Å²) in [6.45, 7) is 2.00. The standard InChI is InChI=1S/C16H18N2/c1-2-7-14(8-3-1)18-12-13-6-4-10-16-15(13)9-5-11-17-16/h1-4,6-8,10,17-18H,5,9,11-12H2. The molecule has 92 valence electrons. The van der Waals surface area contributed by atoms with E-state index in [1.807, 2.05) is 6.07 Å². The first kappa shape index (κ1) is 11.1. The predicted octanol–water partition coefficient (Wildman–Crippen LogP) is 3.66. The van der Waals surface area contributed by atoms with Crippen molar-refractivity contribution in [3.63, 3.8) is 0 Å². The molecule has 0 fully saturated rings. The van der Waals surface area contributed by atoms with Crippen molar-refractivity contribution in [3.05, 3.63) is 59.7 Å². The summed E-state index contributed by atoms with van der Waals surface area (Å²) in [5.74, 6) is 0. The minimum absolute atomic E-state index is 0.898. The molecule has 0 atom stereocenters. The van der Waals surface area contributed by atoms with Gasteiger partial charge in [-0.25, -0.2) is 0 Å². The van der Waals surface area contributed by atoms with Gasteiger partial charge in [0.05, 0.1) is 0 Å². The monoisotopic (exact) mass is 238 g/mol. The Bertz CT molecular complexity index is 520. The number of benzene rings is 2. The zero-order valence-electron chi connectivity index (χ0n) is 10.4. The average molecular weight is 238 g/mol. The largest absolute Gasteiger partial charge is 0.385 e. The van der Waals surface area contributed by atoms with E-state index in [9.17, 15) is 0 Å². The maximum absolute atomic E-state index is 3.48. The van der Waals surface area contributed by atoms with E-state index in [-0.39, 0.29) is 0 Å². The summed E-state index contributed by atoms with van der Waals surface area (Å²) >= 11 is 0. The van der Waals surface area contributed by atoms with Gasteiger partial charge in [0, 0.05) is 24.5 Å². The molecule has 0 bridgehead atoms. The molecule has 0 saturated heterocycles. The Labute approximate surface area is 108 Å². The quantitative estimate of drug-likeness (QED) is 0.852. The molecule has 2 N–H and O–H groups in total. The highest BCUT2D eigenvalue weighted by atomic mass is 14.9. The predicted molar refractivity (Wildman–Crippen MR) is 77.0 cm³/mol. The number of nitrogens with one attached hydrogen (secondary N) is 2. The summed E-state index contributed by atoms with van der Waals surface area (Å²) < 4.78 is 0. The van der Waals surface area contributed by atoms with Crippen LogP contribution in [-0.4, -0.2) is 6.54 Å². The molecular formula is C16H18N2. The van der Waals surface area contributed by atoms with Gasteiger partial charge >= 0.3 is 0 Å². The second-order valence-corrected chi connectivity index (χ2v) is 4.69. The molecule has 1 heterocycles. The minimum atomic E-state index is 0.898. The van der Waals surface area contributed by atoms with Crippen molar-refractivity contribution in [2.45, 2.75) is 19.4 Å². The Morgan fingerprint density at radius 3 is 2.78 bits per heavy atom. The van der Waals surface area contributed by atoms with Crippen LogP contribution in [0.25, 0.3) is 0 Å². The fraction of sp³-hybridized carbons (Fsp3) is 0.250. The summed E-state index contributed by atoms with van der Waals surface area (Å²) in [5.41, 5.74) is 5.38. The van der Waals surface area contributed by atoms with Crippen LogP contribution in [0.15, 0.2) is 48.5 Å². The van der Waals surface area contributed by atoms with Crippen LogP contribution in [-0.2, 0) is 13.0 Å². The Kier molecular flexibility index (Phi) is 3.18. The highest BCUT2D eigenvalue weighted by molar-refractivity contribution is 5.57. The van der Waals surface area contributed by atoms with Gasteiger partial charge in [-0.3, -0.25) is 0 Å². The first-order valence-corrected chi connectivity index (χ1v) is 6.57. The molecule has 2 nitrogen and oxygen atoms in total. The summed E-state index contributed by atoms with van der Waals surface area (Å²) in [6, 6.07) is 16.9. The molecule has 0 saturated carbocycles. The fourth-order valence-electron chi connectivity index (χ4n) is 2.50. The van der Waals surface area contributed by atoms with Crippen LogP contribution in [0, 0.1) is 0 Å². The Balaban J connectivity index is 1.77. The molecule has 0 spiro atoms. The molecule has 2 aromatic carbocycles. The fourth-order valence-corrected chi connectivity index (χ4v) is 2.50. The lowest BCUT2D eigenvalue weighted by molar-refractivity contribution is 0.818. The zero-order valence-corrected chi connectivity index (χ0v) is 10.4. The first-order valence-electron chi connectivity index (χ1n) is 6.57. The van der Waals surface area contributed by atoms with Gasteiger partial charge in [-0.2, -0.15) is 0 Å². The number of para-hydroxylation sites is 1. The van der Waals surface area contributed by atoms with Crippen molar-refractivity contribution in [2.24, 2.45) is 0 Å². The van der Waals surface area contributed by atoms with Crippen molar-refractivity contribution >= 4 is 11.4 Å². The van der Waals surface area contributed by atoms with E-state index >= 15 is 0 Å². The van der Waals surface area contributed by atoms with Gasteiger partial charge in [-0.05, 0) is 42.2 Å². The van der Waals surface area contributed by atoms with Crippen molar-refractivity contribution < 1.29 is 0 Å². The highest BCUT2D eigenvalue weighted by Crippen LogP contribution is 2.25. The van der Waals surface area contributed by atoms with Crippen LogP contribution < -0.4 is 10.6 Å². The normalized spacial score (nSPS) is 13.6. The number of fused-ring (bicyclic) bond motifs is 1. The van der Waals surface area contributed by atoms with Gasteiger partial charge in [0.1, 0.15) is 0 Å². The van der Waals surface area contributed by atoms with Gasteiger partial charge in [0.25, 0.3) is 0 Å². The third kappa shape index (κ3) is 2.33. The van der Waals surface area contributed by atoms with Crippen LogP contribution in [0.4, 0.5) is 11.4 Å². The molecule has 1 aliphatic rings. The van der Waals surface area contributed by atoms with Crippen LogP contribution >= 0.6 is 0 Å². The van der Waals surface area contributed by atoms with E-state index in [1.54, 1.807) is 0 Å².